The molecule has 0 radical (unpaired) electrons. The molecule has 2 amide bonds. The monoisotopic (exact) mass is 638 g/mol. The van der Waals surface area contributed by atoms with Crippen molar-refractivity contribution in [3.05, 3.63) is 109 Å². The molecule has 0 aromatic heterocycles. The van der Waals surface area contributed by atoms with Crippen LogP contribution in [-0.2, 0) is 25.6 Å². The number of amides is 2. The second-order valence-corrected chi connectivity index (χ2v) is 12.3. The first-order valence-corrected chi connectivity index (χ1v) is 14.9. The van der Waals surface area contributed by atoms with Gasteiger partial charge in [0.25, 0.3) is 0 Å². The van der Waals surface area contributed by atoms with Crippen LogP contribution in [0, 0.1) is 38.0 Å². The van der Waals surface area contributed by atoms with Gasteiger partial charge in [-0.05, 0) is 43.7 Å². The second kappa shape index (κ2) is 11.3. The molecular formula is C34H30N4O9. The van der Waals surface area contributed by atoms with Crippen molar-refractivity contribution < 1.29 is 34.1 Å². The summed E-state index contributed by atoms with van der Waals surface area (Å²) < 4.78 is 0. The molecule has 6 rings (SSSR count). The molecule has 0 saturated carbocycles. The first-order chi connectivity index (χ1) is 22.3. The molecule has 0 bridgehead atoms. The van der Waals surface area contributed by atoms with Gasteiger partial charge in [0.05, 0.1) is 27.4 Å². The van der Waals surface area contributed by atoms with Crippen molar-refractivity contribution in [2.45, 2.75) is 32.1 Å². The SMILES string of the molecule is C=CCc1cccc([C@H]2C3=CC[C@@H]4C(=O)N(c5cc([N+](=O)[O-])c(N(C)C)c([N+](=O)[O-])c5)C(=O)[C@@H]4[C@@H]3CC3=C2C(=O)C(C)=CC3=O)c1O. The fourth-order valence-electron chi connectivity index (χ4n) is 7.59. The highest BCUT2D eigenvalue weighted by Gasteiger charge is 2.57. The van der Waals surface area contributed by atoms with E-state index >= 15 is 0 Å². The highest BCUT2D eigenvalue weighted by atomic mass is 16.6. The summed E-state index contributed by atoms with van der Waals surface area (Å²) >= 11 is 0. The predicted octanol–water partition coefficient (Wildman–Crippen LogP) is 4.64. The van der Waals surface area contributed by atoms with E-state index in [2.05, 4.69) is 6.58 Å². The molecule has 47 heavy (non-hydrogen) atoms. The predicted molar refractivity (Wildman–Crippen MR) is 170 cm³/mol. The molecule has 1 N–H and O–H groups in total. The number of carbonyl (C=O) groups is 4. The van der Waals surface area contributed by atoms with Crippen LogP contribution in [0.15, 0.2) is 77.4 Å². The first kappa shape index (κ1) is 31.3. The Balaban J connectivity index is 1.50. The van der Waals surface area contributed by atoms with E-state index < -0.39 is 62.5 Å². The molecule has 0 unspecified atom stereocenters. The van der Waals surface area contributed by atoms with Crippen molar-refractivity contribution in [2.75, 3.05) is 23.9 Å². The van der Waals surface area contributed by atoms with Crippen LogP contribution in [-0.4, -0.2) is 52.4 Å². The number of benzene rings is 2. The van der Waals surface area contributed by atoms with Gasteiger partial charge in [0.2, 0.25) is 11.8 Å². The average Bonchev–Trinajstić information content (AvgIpc) is 3.28. The molecule has 4 atom stereocenters. The number of phenols is 1. The van der Waals surface area contributed by atoms with E-state index in [0.29, 0.717) is 23.1 Å². The van der Waals surface area contributed by atoms with Crippen molar-refractivity contribution in [1.82, 2.24) is 0 Å². The minimum atomic E-state index is -1.03. The fraction of sp³-hybridized carbons (Fsp3) is 0.294. The van der Waals surface area contributed by atoms with Crippen LogP contribution >= 0.6 is 0 Å². The van der Waals surface area contributed by atoms with E-state index in [1.165, 1.54) is 25.1 Å². The minimum Gasteiger partial charge on any atom is -0.507 e. The molecule has 1 heterocycles. The number of hydrogen-bond acceptors (Lipinski definition) is 10. The zero-order chi connectivity index (χ0) is 34.1. The van der Waals surface area contributed by atoms with Crippen molar-refractivity contribution in [2.24, 2.45) is 17.8 Å². The van der Waals surface area contributed by atoms with Gasteiger partial charge in [-0.25, -0.2) is 4.90 Å². The quantitative estimate of drug-likeness (QED) is 0.148. The van der Waals surface area contributed by atoms with Gasteiger partial charge in [0.1, 0.15) is 5.75 Å². The first-order valence-electron chi connectivity index (χ1n) is 14.9. The zero-order valence-corrected chi connectivity index (χ0v) is 25.8. The summed E-state index contributed by atoms with van der Waals surface area (Å²) in [4.78, 5) is 79.7. The number of aromatic hydroxyl groups is 1. The Kier molecular flexibility index (Phi) is 7.49. The van der Waals surface area contributed by atoms with Crippen LogP contribution in [0.5, 0.6) is 5.75 Å². The highest BCUT2D eigenvalue weighted by Crippen LogP contribution is 2.57. The molecule has 13 nitrogen and oxygen atoms in total. The summed E-state index contributed by atoms with van der Waals surface area (Å²) in [6.45, 7) is 5.29. The number of ketones is 2. The third-order valence-electron chi connectivity index (χ3n) is 9.54. The lowest BCUT2D eigenvalue weighted by molar-refractivity contribution is -0.392. The largest absolute Gasteiger partial charge is 0.507 e. The van der Waals surface area contributed by atoms with E-state index in [4.69, 9.17) is 0 Å². The number of allylic oxidation sites excluding steroid dienone is 7. The number of phenolic OH excluding ortho intramolecular Hbond substituents is 1. The van der Waals surface area contributed by atoms with E-state index in [9.17, 15) is 44.5 Å². The number of rotatable bonds is 7. The number of anilines is 2. The molecule has 1 aliphatic heterocycles. The van der Waals surface area contributed by atoms with E-state index in [0.717, 1.165) is 17.0 Å². The third-order valence-corrected chi connectivity index (χ3v) is 9.54. The number of hydrogen-bond donors (Lipinski definition) is 1. The molecule has 3 aliphatic carbocycles. The molecule has 240 valence electrons. The smallest absolute Gasteiger partial charge is 0.301 e. The lowest BCUT2D eigenvalue weighted by atomic mass is 9.59. The Morgan fingerprint density at radius 2 is 1.70 bits per heavy atom. The average molecular weight is 639 g/mol. The molecule has 2 aromatic rings. The number of imide groups is 1. The molecule has 2 aromatic carbocycles. The zero-order valence-electron chi connectivity index (χ0n) is 25.8. The van der Waals surface area contributed by atoms with Crippen molar-refractivity contribution in [1.29, 1.82) is 0 Å². The molecule has 4 aliphatic rings. The topological polar surface area (TPSA) is 181 Å². The number of Topliss-reactive ketones (excluding diaryl/α,β-unsaturated/α-hetero) is 1. The van der Waals surface area contributed by atoms with Crippen molar-refractivity contribution in [3.8, 4) is 5.75 Å². The lowest BCUT2D eigenvalue weighted by Crippen LogP contribution is -2.40. The number of nitrogens with zero attached hydrogens (tertiary/aromatic N) is 4. The standard InChI is InChI=1S/C34H30N4O9/c1-5-7-17-8-6-9-20(32(17)41)27-19-10-11-21-28(22(19)15-23-26(39)12-16(2)31(40)29(23)27)34(43)36(33(21)42)18-13-24(37(44)45)30(35(3)4)25(14-18)38(46)47/h5-6,8-10,12-14,21-22,27-28,41H,1,7,11,15H2,2-4H3/t21-,22+,27+,28-/m0/s1. The van der Waals surface area contributed by atoms with Crippen molar-refractivity contribution in [3.63, 3.8) is 0 Å². The summed E-state index contributed by atoms with van der Waals surface area (Å²) in [6, 6.07) is 7.07. The van der Waals surface area contributed by atoms with Gasteiger partial charge in [-0.2, -0.15) is 0 Å². The number of carbonyl (C=O) groups excluding carboxylic acids is 4. The van der Waals surface area contributed by atoms with Crippen LogP contribution < -0.4 is 9.80 Å². The summed E-state index contributed by atoms with van der Waals surface area (Å²) in [7, 11) is 2.81. The van der Waals surface area contributed by atoms with Gasteiger partial charge in [0, 0.05) is 54.4 Å². The van der Waals surface area contributed by atoms with Crippen LogP contribution in [0.3, 0.4) is 0 Å². The maximum atomic E-state index is 14.3. The summed E-state index contributed by atoms with van der Waals surface area (Å²) in [5, 5.41) is 35.4. The van der Waals surface area contributed by atoms with Gasteiger partial charge in [-0.15, -0.1) is 6.58 Å². The molecule has 13 heteroatoms. The van der Waals surface area contributed by atoms with Gasteiger partial charge in [-0.3, -0.25) is 39.4 Å². The molecule has 1 fully saturated rings. The Labute approximate surface area is 268 Å². The number of para-hydroxylation sites is 1. The van der Waals surface area contributed by atoms with E-state index in [-0.39, 0.29) is 52.5 Å². The summed E-state index contributed by atoms with van der Waals surface area (Å²) in [6.07, 6.45) is 5.04. The number of nitro benzene ring substituents is 2. The molecular weight excluding hydrogens is 608 g/mol. The summed E-state index contributed by atoms with van der Waals surface area (Å²) in [5.74, 6) is -5.78. The van der Waals surface area contributed by atoms with Crippen LogP contribution in [0.1, 0.15) is 36.8 Å². The highest BCUT2D eigenvalue weighted by molar-refractivity contribution is 6.25. The van der Waals surface area contributed by atoms with Crippen LogP contribution in [0.4, 0.5) is 22.7 Å². The number of fused-ring (bicyclic) bond motifs is 3. The van der Waals surface area contributed by atoms with Gasteiger partial charge in [-0.1, -0.05) is 35.9 Å². The lowest BCUT2D eigenvalue weighted by Gasteiger charge is -2.42. The van der Waals surface area contributed by atoms with E-state index in [1.807, 2.05) is 0 Å². The normalized spacial score (nSPS) is 23.5. The third kappa shape index (κ3) is 4.68. The Morgan fingerprint density at radius 3 is 2.30 bits per heavy atom. The van der Waals surface area contributed by atoms with Gasteiger partial charge in [0.15, 0.2) is 17.3 Å². The Bertz CT molecular complexity index is 1920. The van der Waals surface area contributed by atoms with Crippen molar-refractivity contribution >= 4 is 46.1 Å². The van der Waals surface area contributed by atoms with Crippen LogP contribution in [0.25, 0.3) is 0 Å². The van der Waals surface area contributed by atoms with E-state index in [1.54, 1.807) is 37.3 Å². The Hall–Kier alpha value is -5.72. The maximum absolute atomic E-state index is 14.3. The van der Waals surface area contributed by atoms with Gasteiger partial charge < -0.3 is 10.0 Å². The molecule has 0 spiro atoms. The molecule has 1 saturated heterocycles. The fourth-order valence-corrected chi connectivity index (χ4v) is 7.59. The minimum absolute atomic E-state index is 0.0208. The van der Waals surface area contributed by atoms with Gasteiger partial charge >= 0.3 is 11.4 Å². The van der Waals surface area contributed by atoms with Crippen LogP contribution in [0.2, 0.25) is 0 Å². The maximum Gasteiger partial charge on any atom is 0.301 e. The Morgan fingerprint density at radius 1 is 1.04 bits per heavy atom. The summed E-state index contributed by atoms with van der Waals surface area (Å²) in [5.41, 5.74) is 0.315. The second-order valence-electron chi connectivity index (χ2n) is 12.3. The number of nitro groups is 2.